The minimum atomic E-state index is 0.751. The van der Waals surface area contributed by atoms with Crippen LogP contribution < -0.4 is 9.47 Å². The molecular formula is C46H54O2. The number of fused-ring (bicyclic) bond motifs is 2. The topological polar surface area (TPSA) is 18.5 Å². The minimum absolute atomic E-state index is 0.751. The van der Waals surface area contributed by atoms with Gasteiger partial charge in [0, 0.05) is 0 Å². The van der Waals surface area contributed by atoms with Crippen molar-refractivity contribution < 1.29 is 9.47 Å². The van der Waals surface area contributed by atoms with Gasteiger partial charge in [-0.3, -0.25) is 0 Å². The van der Waals surface area contributed by atoms with Gasteiger partial charge in [-0.05, 0) is 144 Å². The van der Waals surface area contributed by atoms with Crippen LogP contribution in [-0.4, -0.2) is 13.2 Å². The van der Waals surface area contributed by atoms with E-state index in [2.05, 4.69) is 135 Å². The molecule has 0 fully saturated rings. The van der Waals surface area contributed by atoms with Crippen LogP contribution in [0.5, 0.6) is 11.5 Å². The van der Waals surface area contributed by atoms with Gasteiger partial charge >= 0.3 is 0 Å². The van der Waals surface area contributed by atoms with Crippen LogP contribution in [0.4, 0.5) is 0 Å². The highest BCUT2D eigenvalue weighted by atomic mass is 16.5. The summed E-state index contributed by atoms with van der Waals surface area (Å²) >= 11 is 0. The van der Waals surface area contributed by atoms with E-state index in [1.165, 1.54) is 95.2 Å². The lowest BCUT2D eigenvalue weighted by molar-refractivity contribution is 0.312. The van der Waals surface area contributed by atoms with Gasteiger partial charge in [0.15, 0.2) is 0 Å². The molecule has 5 rings (SSSR count). The number of hydrogen-bond donors (Lipinski definition) is 0. The fourth-order valence-electron chi connectivity index (χ4n) is 6.12. The van der Waals surface area contributed by atoms with E-state index in [-0.39, 0.29) is 0 Å². The van der Waals surface area contributed by atoms with Gasteiger partial charge in [-0.25, -0.2) is 0 Å². The largest absolute Gasteiger partial charge is 0.494 e. The summed E-state index contributed by atoms with van der Waals surface area (Å²) in [5, 5.41) is 5.01. The van der Waals surface area contributed by atoms with E-state index in [1.54, 1.807) is 0 Å². The number of hydrogen-bond acceptors (Lipinski definition) is 2. The number of benzene rings is 5. The van der Waals surface area contributed by atoms with E-state index in [9.17, 15) is 0 Å². The van der Waals surface area contributed by atoms with Gasteiger partial charge in [0.2, 0.25) is 0 Å². The summed E-state index contributed by atoms with van der Waals surface area (Å²) in [6.07, 6.45) is 23.7. The molecule has 5 aromatic rings. The number of unbranched alkanes of at least 4 members (excludes halogenated alkanes) is 8. The second-order valence-electron chi connectivity index (χ2n) is 12.9. The van der Waals surface area contributed by atoms with Crippen molar-refractivity contribution in [1.29, 1.82) is 0 Å². The van der Waals surface area contributed by atoms with Crippen molar-refractivity contribution in [3.63, 3.8) is 0 Å². The third-order valence-corrected chi connectivity index (χ3v) is 9.02. The fourth-order valence-corrected chi connectivity index (χ4v) is 6.12. The van der Waals surface area contributed by atoms with Gasteiger partial charge in [0.1, 0.15) is 11.5 Å². The van der Waals surface area contributed by atoms with Gasteiger partial charge in [0.25, 0.3) is 0 Å². The van der Waals surface area contributed by atoms with Crippen molar-refractivity contribution >= 4 is 21.5 Å². The maximum atomic E-state index is 6.00. The Bertz CT molecular complexity index is 1600. The van der Waals surface area contributed by atoms with E-state index in [4.69, 9.17) is 9.47 Å². The molecule has 0 aliphatic heterocycles. The zero-order valence-electron chi connectivity index (χ0n) is 29.3. The molecule has 0 heterocycles. The molecule has 0 bridgehead atoms. The standard InChI is InChI=1S/C46H54O2/c1-3-5-7-9-11-13-15-17-31-47-45-27-23-37(24-28-45)39-19-21-41-36-44-34-40(20-22-42(44)35-43(41)33-39)38-25-29-46(30-26-38)48-32-18-16-14-12-10-8-6-4-2/h11-14,19-30,33-36H,3-10,15-18,31-32H2,1-2H3/b13-11-,14-12-. The van der Waals surface area contributed by atoms with Crippen molar-refractivity contribution in [3.05, 3.63) is 121 Å². The first-order valence-electron chi connectivity index (χ1n) is 18.5. The molecule has 0 aliphatic rings. The van der Waals surface area contributed by atoms with E-state index in [1.807, 2.05) is 0 Å². The average Bonchev–Trinajstić information content (AvgIpc) is 3.12. The van der Waals surface area contributed by atoms with Crippen LogP contribution in [0.1, 0.15) is 90.9 Å². The van der Waals surface area contributed by atoms with Crippen molar-refractivity contribution in [1.82, 2.24) is 0 Å². The van der Waals surface area contributed by atoms with Crippen LogP contribution in [0, 0.1) is 0 Å². The molecule has 0 saturated heterocycles. The zero-order valence-corrected chi connectivity index (χ0v) is 29.3. The molecule has 0 N–H and O–H groups in total. The average molecular weight is 639 g/mol. The number of allylic oxidation sites excluding steroid dienone is 4. The van der Waals surface area contributed by atoms with Crippen molar-refractivity contribution in [2.24, 2.45) is 0 Å². The maximum Gasteiger partial charge on any atom is 0.119 e. The summed E-state index contributed by atoms with van der Waals surface area (Å²) in [5.74, 6) is 1.87. The Morgan fingerprint density at radius 2 is 0.750 bits per heavy atom. The Balaban J connectivity index is 1.13. The SMILES string of the molecule is CCCCC/C=C\CCCOc1ccc(-c2ccc3cc4cc(-c5ccc(OCCC/C=C\CCCCC)cc5)ccc4cc3c2)cc1. The van der Waals surface area contributed by atoms with E-state index < -0.39 is 0 Å². The van der Waals surface area contributed by atoms with Crippen LogP contribution in [0.15, 0.2) is 121 Å². The fraction of sp³-hybridized carbons (Fsp3) is 0.348. The summed E-state index contributed by atoms with van der Waals surface area (Å²) < 4.78 is 12.0. The summed E-state index contributed by atoms with van der Waals surface area (Å²) in [6, 6.07) is 35.2. The Hall–Kier alpha value is -4.30. The molecule has 0 amide bonds. The lowest BCUT2D eigenvalue weighted by atomic mass is 9.96. The molecule has 2 nitrogen and oxygen atoms in total. The van der Waals surface area contributed by atoms with Crippen LogP contribution in [-0.2, 0) is 0 Å². The first-order chi connectivity index (χ1) is 23.7. The van der Waals surface area contributed by atoms with E-state index >= 15 is 0 Å². The van der Waals surface area contributed by atoms with E-state index in [0.717, 1.165) is 50.4 Å². The molecule has 0 saturated carbocycles. The molecular weight excluding hydrogens is 585 g/mol. The molecule has 2 heteroatoms. The molecule has 48 heavy (non-hydrogen) atoms. The normalized spacial score (nSPS) is 11.7. The first kappa shape index (κ1) is 35.0. The third-order valence-electron chi connectivity index (χ3n) is 9.02. The van der Waals surface area contributed by atoms with Crippen LogP contribution in [0.25, 0.3) is 43.8 Å². The van der Waals surface area contributed by atoms with Crippen molar-refractivity contribution in [2.75, 3.05) is 13.2 Å². The quantitative estimate of drug-likeness (QED) is 0.0480. The van der Waals surface area contributed by atoms with Gasteiger partial charge in [-0.2, -0.15) is 0 Å². The Morgan fingerprint density at radius 3 is 1.15 bits per heavy atom. The highest BCUT2D eigenvalue weighted by molar-refractivity contribution is 6.01. The Morgan fingerprint density at radius 1 is 0.375 bits per heavy atom. The molecule has 0 spiro atoms. The molecule has 0 atom stereocenters. The zero-order chi connectivity index (χ0) is 33.2. The van der Waals surface area contributed by atoms with Crippen LogP contribution >= 0.6 is 0 Å². The smallest absolute Gasteiger partial charge is 0.119 e. The minimum Gasteiger partial charge on any atom is -0.494 e. The Labute approximate surface area is 289 Å². The lowest BCUT2D eigenvalue weighted by Crippen LogP contribution is -1.96. The van der Waals surface area contributed by atoms with Crippen LogP contribution in [0.2, 0.25) is 0 Å². The molecule has 0 radical (unpaired) electrons. The molecule has 5 aromatic carbocycles. The molecule has 0 aromatic heterocycles. The van der Waals surface area contributed by atoms with Gasteiger partial charge in [0.05, 0.1) is 13.2 Å². The second kappa shape index (κ2) is 19.5. The summed E-state index contributed by atoms with van der Waals surface area (Å²) in [6.45, 7) is 6.00. The predicted molar refractivity (Wildman–Crippen MR) is 208 cm³/mol. The monoisotopic (exact) mass is 638 g/mol. The van der Waals surface area contributed by atoms with Crippen LogP contribution in [0.3, 0.4) is 0 Å². The van der Waals surface area contributed by atoms with Crippen molar-refractivity contribution in [2.45, 2.75) is 90.9 Å². The second-order valence-corrected chi connectivity index (χ2v) is 12.9. The predicted octanol–water partition coefficient (Wildman–Crippen LogP) is 13.9. The molecule has 0 aliphatic carbocycles. The van der Waals surface area contributed by atoms with Gasteiger partial charge in [-0.15, -0.1) is 0 Å². The van der Waals surface area contributed by atoms with Gasteiger partial charge < -0.3 is 9.47 Å². The highest BCUT2D eigenvalue weighted by Gasteiger charge is 2.06. The third kappa shape index (κ3) is 10.9. The maximum absolute atomic E-state index is 6.00. The van der Waals surface area contributed by atoms with E-state index in [0.29, 0.717) is 0 Å². The summed E-state index contributed by atoms with van der Waals surface area (Å²) in [7, 11) is 0. The van der Waals surface area contributed by atoms with Gasteiger partial charge in [-0.1, -0.05) is 112 Å². The highest BCUT2D eigenvalue weighted by Crippen LogP contribution is 2.32. The summed E-state index contributed by atoms with van der Waals surface area (Å²) in [5.41, 5.74) is 4.85. The summed E-state index contributed by atoms with van der Waals surface area (Å²) in [4.78, 5) is 0. The molecule has 0 unspecified atom stereocenters. The van der Waals surface area contributed by atoms with Crippen molar-refractivity contribution in [3.8, 4) is 33.8 Å². The number of ether oxygens (including phenoxy) is 2. The number of rotatable bonds is 20. The first-order valence-corrected chi connectivity index (χ1v) is 18.5. The Kier molecular flexibility index (Phi) is 14.2. The lowest BCUT2D eigenvalue weighted by Gasteiger charge is -2.10. The molecule has 250 valence electrons.